The molecule has 10 aromatic rings. The van der Waals surface area contributed by atoms with Crippen molar-refractivity contribution in [1.29, 1.82) is 0 Å². The predicted octanol–water partition coefficient (Wildman–Crippen LogP) is 11.9. The van der Waals surface area contributed by atoms with Crippen molar-refractivity contribution in [3.63, 3.8) is 0 Å². The van der Waals surface area contributed by atoms with Gasteiger partial charge in [0.1, 0.15) is 10.4 Å². The molecule has 0 unspecified atom stereocenters. The summed E-state index contributed by atoms with van der Waals surface area (Å²) < 4.78 is 7.49. The van der Waals surface area contributed by atoms with Gasteiger partial charge in [-0.25, -0.2) is 15.0 Å². The first-order chi connectivity index (χ1) is 24.8. The summed E-state index contributed by atoms with van der Waals surface area (Å²) >= 11 is 1.71. The van der Waals surface area contributed by atoms with Gasteiger partial charge in [0.25, 0.3) is 0 Å². The maximum atomic E-state index is 6.29. The molecule has 0 atom stereocenters. The fourth-order valence-corrected chi connectivity index (χ4v) is 7.87. The molecule has 0 aliphatic rings. The lowest BCUT2D eigenvalue weighted by Crippen LogP contribution is -1.95. The van der Waals surface area contributed by atoms with Crippen LogP contribution in [-0.4, -0.2) is 19.9 Å². The number of hydrogen-bond donors (Lipinski definition) is 0. The molecule has 6 heteroatoms. The molecule has 0 amide bonds. The topological polar surface area (TPSA) is 64.7 Å². The lowest BCUT2D eigenvalue weighted by Gasteiger charge is -2.11. The van der Waals surface area contributed by atoms with Gasteiger partial charge in [0, 0.05) is 43.1 Å². The normalized spacial score (nSPS) is 11.6. The third-order valence-corrected chi connectivity index (χ3v) is 10.2. The van der Waals surface area contributed by atoms with E-state index in [0.717, 1.165) is 77.2 Å². The van der Waals surface area contributed by atoms with Crippen LogP contribution in [0.25, 0.3) is 98.8 Å². The van der Waals surface area contributed by atoms with Crippen molar-refractivity contribution in [3.8, 4) is 56.4 Å². The second-order valence-electron chi connectivity index (χ2n) is 12.2. The van der Waals surface area contributed by atoms with Crippen LogP contribution in [-0.2, 0) is 0 Å². The van der Waals surface area contributed by atoms with Crippen LogP contribution < -0.4 is 0 Å². The lowest BCUT2D eigenvalue weighted by atomic mass is 9.98. The van der Waals surface area contributed by atoms with Gasteiger partial charge in [-0.15, -0.1) is 11.3 Å². The molecule has 5 nitrogen and oxygen atoms in total. The monoisotopic (exact) mass is 658 g/mol. The van der Waals surface area contributed by atoms with Gasteiger partial charge in [0.2, 0.25) is 5.71 Å². The van der Waals surface area contributed by atoms with E-state index in [4.69, 9.17) is 24.4 Å². The van der Waals surface area contributed by atoms with Crippen molar-refractivity contribution in [1.82, 2.24) is 19.9 Å². The molecule has 234 valence electrons. The minimum Gasteiger partial charge on any atom is -0.438 e. The van der Waals surface area contributed by atoms with E-state index in [1.54, 1.807) is 11.3 Å². The summed E-state index contributed by atoms with van der Waals surface area (Å²) in [4.78, 5) is 21.4. The standard InChI is InChI=1S/C44H26N4OS/c1-3-13-27(14-4-1)39-37-33-21-7-9-23-35(33)49-43(37)47-42(45-39)32-20-12-18-30(26-32)29-17-11-19-31(25-29)40-38-34-22-8-10-24-36(34)50-44(38)48-41(46-40)28-15-5-2-6-16-28/h1-26H. The molecule has 0 bridgehead atoms. The maximum absolute atomic E-state index is 6.29. The fraction of sp³-hybridized carbons (Fsp3) is 0. The number of para-hydroxylation sites is 1. The number of nitrogens with zero attached hydrogens (tertiary/aromatic N) is 4. The third-order valence-electron chi connectivity index (χ3n) is 9.15. The van der Waals surface area contributed by atoms with Crippen molar-refractivity contribution < 1.29 is 4.42 Å². The van der Waals surface area contributed by atoms with Gasteiger partial charge in [-0.1, -0.05) is 133 Å². The Morgan fingerprint density at radius 3 is 1.74 bits per heavy atom. The smallest absolute Gasteiger partial charge is 0.231 e. The zero-order chi connectivity index (χ0) is 33.0. The van der Waals surface area contributed by atoms with Crippen molar-refractivity contribution in [2.45, 2.75) is 0 Å². The first-order valence-corrected chi connectivity index (χ1v) is 17.3. The van der Waals surface area contributed by atoms with Gasteiger partial charge in [0.05, 0.1) is 16.8 Å². The molecule has 0 fully saturated rings. The van der Waals surface area contributed by atoms with Crippen molar-refractivity contribution >= 4 is 53.7 Å². The highest BCUT2D eigenvalue weighted by molar-refractivity contribution is 7.25. The molecule has 0 aliphatic carbocycles. The quantitative estimate of drug-likeness (QED) is 0.184. The van der Waals surface area contributed by atoms with E-state index in [-0.39, 0.29) is 0 Å². The SMILES string of the molecule is c1ccc(-c2nc(-c3cccc(-c4cccc(-c5nc(-c6ccccc6)c6c(n5)oc5ccccc56)c4)c3)c3c(n2)sc2ccccc23)cc1. The molecule has 0 aliphatic heterocycles. The van der Waals surface area contributed by atoms with Crippen LogP contribution in [0, 0.1) is 0 Å². The maximum Gasteiger partial charge on any atom is 0.231 e. The third kappa shape index (κ3) is 4.77. The zero-order valence-corrected chi connectivity index (χ0v) is 27.4. The minimum absolute atomic E-state index is 0.576. The Labute approximate surface area is 291 Å². The van der Waals surface area contributed by atoms with Crippen LogP contribution in [0.15, 0.2) is 162 Å². The minimum atomic E-state index is 0.576. The van der Waals surface area contributed by atoms with E-state index >= 15 is 0 Å². The average Bonchev–Trinajstić information content (AvgIpc) is 3.76. The lowest BCUT2D eigenvalue weighted by molar-refractivity contribution is 0.653. The van der Waals surface area contributed by atoms with Crippen LogP contribution in [0.3, 0.4) is 0 Å². The summed E-state index contributed by atoms with van der Waals surface area (Å²) in [7, 11) is 0. The molecule has 6 aromatic carbocycles. The average molecular weight is 659 g/mol. The summed E-state index contributed by atoms with van der Waals surface area (Å²) in [6, 6.07) is 54.0. The van der Waals surface area contributed by atoms with E-state index < -0.39 is 0 Å². The highest BCUT2D eigenvalue weighted by Gasteiger charge is 2.19. The van der Waals surface area contributed by atoms with Gasteiger partial charge < -0.3 is 4.42 Å². The van der Waals surface area contributed by atoms with Crippen molar-refractivity contribution in [3.05, 3.63) is 158 Å². The van der Waals surface area contributed by atoms with Gasteiger partial charge in [-0.3, -0.25) is 0 Å². The Morgan fingerprint density at radius 2 is 0.960 bits per heavy atom. The number of hydrogen-bond acceptors (Lipinski definition) is 6. The summed E-state index contributed by atoms with van der Waals surface area (Å²) in [5, 5.41) is 4.18. The number of fused-ring (bicyclic) bond motifs is 6. The van der Waals surface area contributed by atoms with E-state index in [1.165, 1.54) is 10.1 Å². The second kappa shape index (κ2) is 11.6. The van der Waals surface area contributed by atoms with Gasteiger partial charge >= 0.3 is 0 Å². The molecule has 4 aromatic heterocycles. The first-order valence-electron chi connectivity index (χ1n) is 16.5. The summed E-state index contributed by atoms with van der Waals surface area (Å²) in [5.41, 5.74) is 9.24. The van der Waals surface area contributed by atoms with Crippen LogP contribution in [0.4, 0.5) is 0 Å². The fourth-order valence-electron chi connectivity index (χ4n) is 6.79. The number of thiophene rings is 1. The second-order valence-corrected chi connectivity index (χ2v) is 13.3. The molecule has 4 heterocycles. The van der Waals surface area contributed by atoms with Crippen LogP contribution in [0.1, 0.15) is 0 Å². The predicted molar refractivity (Wildman–Crippen MR) is 205 cm³/mol. The highest BCUT2D eigenvalue weighted by Crippen LogP contribution is 2.41. The van der Waals surface area contributed by atoms with Crippen molar-refractivity contribution in [2.75, 3.05) is 0 Å². The molecular weight excluding hydrogens is 633 g/mol. The summed E-state index contributed by atoms with van der Waals surface area (Å²) in [6.45, 7) is 0. The van der Waals surface area contributed by atoms with Crippen LogP contribution in [0.5, 0.6) is 0 Å². The summed E-state index contributed by atoms with van der Waals surface area (Å²) in [5.74, 6) is 1.34. The molecular formula is C44H26N4OS. The first kappa shape index (κ1) is 28.5. The number of benzene rings is 6. The molecule has 0 saturated carbocycles. The Balaban J connectivity index is 1.12. The van der Waals surface area contributed by atoms with Gasteiger partial charge in [-0.2, -0.15) is 4.98 Å². The number of furan rings is 1. The zero-order valence-electron chi connectivity index (χ0n) is 26.6. The van der Waals surface area contributed by atoms with Crippen LogP contribution in [0.2, 0.25) is 0 Å². The van der Waals surface area contributed by atoms with E-state index in [0.29, 0.717) is 11.5 Å². The van der Waals surface area contributed by atoms with Crippen LogP contribution >= 0.6 is 11.3 Å². The molecule has 10 rings (SSSR count). The van der Waals surface area contributed by atoms with E-state index in [1.807, 2.05) is 54.6 Å². The molecule has 0 N–H and O–H groups in total. The van der Waals surface area contributed by atoms with E-state index in [9.17, 15) is 0 Å². The Bertz CT molecular complexity index is 2880. The molecule has 50 heavy (non-hydrogen) atoms. The number of rotatable bonds is 5. The van der Waals surface area contributed by atoms with E-state index in [2.05, 4.69) is 103 Å². The van der Waals surface area contributed by atoms with Gasteiger partial charge in [-0.05, 0) is 35.4 Å². The Hall–Kier alpha value is -6.50. The largest absolute Gasteiger partial charge is 0.438 e. The van der Waals surface area contributed by atoms with Crippen molar-refractivity contribution in [2.24, 2.45) is 0 Å². The summed E-state index contributed by atoms with van der Waals surface area (Å²) in [6.07, 6.45) is 0. The Kier molecular flexibility index (Phi) is 6.60. The molecule has 0 saturated heterocycles. The molecule has 0 spiro atoms. The van der Waals surface area contributed by atoms with Gasteiger partial charge in [0.15, 0.2) is 11.6 Å². The molecule has 0 radical (unpaired) electrons. The number of aromatic nitrogens is 4. The highest BCUT2D eigenvalue weighted by atomic mass is 32.1. The Morgan fingerprint density at radius 1 is 0.400 bits per heavy atom.